The lowest BCUT2D eigenvalue weighted by atomic mass is 10.1. The summed E-state index contributed by atoms with van der Waals surface area (Å²) >= 11 is 0. The molecule has 0 saturated heterocycles. The third kappa shape index (κ3) is 2.62. The van der Waals surface area contributed by atoms with Crippen molar-refractivity contribution >= 4 is 5.97 Å². The molecule has 2 N–H and O–H groups in total. The summed E-state index contributed by atoms with van der Waals surface area (Å²) in [5.74, 6) is -0.768. The molecule has 0 fully saturated rings. The standard InChI is InChI=1S/C16H12N2O3/c19-14-6-4-13(5-7-14)18-9-8-15(17-18)11-2-1-3-12(10-11)16(20)21/h1-10,19H,(H,20,21). The number of hydrogen-bond donors (Lipinski definition) is 2. The van der Waals surface area contributed by atoms with Gasteiger partial charge in [-0.3, -0.25) is 0 Å². The number of carboxylic acid groups (broad SMARTS) is 1. The Labute approximate surface area is 120 Å². The maximum absolute atomic E-state index is 11.0. The van der Waals surface area contributed by atoms with Gasteiger partial charge in [0.15, 0.2) is 0 Å². The summed E-state index contributed by atoms with van der Waals surface area (Å²) in [5, 5.41) is 22.7. The lowest BCUT2D eigenvalue weighted by molar-refractivity contribution is 0.0697. The van der Waals surface area contributed by atoms with Crippen LogP contribution in [0.5, 0.6) is 5.75 Å². The second kappa shape index (κ2) is 5.13. The molecule has 0 saturated carbocycles. The molecule has 3 aromatic rings. The third-order valence-corrected chi connectivity index (χ3v) is 3.11. The third-order valence-electron chi connectivity index (χ3n) is 3.11. The van der Waals surface area contributed by atoms with Gasteiger partial charge in [-0.15, -0.1) is 0 Å². The minimum atomic E-state index is -0.963. The van der Waals surface area contributed by atoms with Crippen molar-refractivity contribution in [3.05, 3.63) is 66.4 Å². The number of benzene rings is 2. The minimum Gasteiger partial charge on any atom is -0.508 e. The highest BCUT2D eigenvalue weighted by Gasteiger charge is 2.07. The average Bonchev–Trinajstić information content (AvgIpc) is 2.98. The Morgan fingerprint density at radius 2 is 1.81 bits per heavy atom. The first kappa shape index (κ1) is 12.9. The van der Waals surface area contributed by atoms with E-state index in [0.717, 1.165) is 11.3 Å². The average molecular weight is 280 g/mol. The molecule has 21 heavy (non-hydrogen) atoms. The van der Waals surface area contributed by atoms with Crippen LogP contribution in [0.25, 0.3) is 16.9 Å². The molecule has 3 rings (SSSR count). The highest BCUT2D eigenvalue weighted by Crippen LogP contribution is 2.20. The van der Waals surface area contributed by atoms with E-state index in [1.54, 1.807) is 53.3 Å². The van der Waals surface area contributed by atoms with Crippen molar-refractivity contribution < 1.29 is 15.0 Å². The van der Waals surface area contributed by atoms with Crippen molar-refractivity contribution in [3.63, 3.8) is 0 Å². The predicted octanol–water partition coefficient (Wildman–Crippen LogP) is 2.94. The number of aromatic nitrogens is 2. The molecule has 104 valence electrons. The Morgan fingerprint density at radius 3 is 2.52 bits per heavy atom. The maximum atomic E-state index is 11.0. The van der Waals surface area contributed by atoms with Crippen LogP contribution >= 0.6 is 0 Å². The first-order valence-electron chi connectivity index (χ1n) is 6.32. The van der Waals surface area contributed by atoms with E-state index in [9.17, 15) is 9.90 Å². The number of rotatable bonds is 3. The Balaban J connectivity index is 1.96. The Kier molecular flexibility index (Phi) is 3.16. The lowest BCUT2D eigenvalue weighted by Crippen LogP contribution is -1.97. The van der Waals surface area contributed by atoms with Crippen molar-refractivity contribution in [1.29, 1.82) is 0 Å². The zero-order chi connectivity index (χ0) is 14.8. The first-order valence-corrected chi connectivity index (χ1v) is 6.32. The molecule has 5 heteroatoms. The molecule has 0 atom stereocenters. The van der Waals surface area contributed by atoms with Crippen molar-refractivity contribution in [3.8, 4) is 22.7 Å². The van der Waals surface area contributed by atoms with Crippen LogP contribution in [0.3, 0.4) is 0 Å². The van der Waals surface area contributed by atoms with Crippen LogP contribution in [0, 0.1) is 0 Å². The number of aromatic carboxylic acids is 1. The first-order chi connectivity index (χ1) is 10.1. The van der Waals surface area contributed by atoms with Gasteiger partial charge < -0.3 is 10.2 Å². The largest absolute Gasteiger partial charge is 0.508 e. The van der Waals surface area contributed by atoms with Gasteiger partial charge in [-0.1, -0.05) is 12.1 Å². The van der Waals surface area contributed by atoms with Crippen LogP contribution < -0.4 is 0 Å². The van der Waals surface area contributed by atoms with E-state index < -0.39 is 5.97 Å². The van der Waals surface area contributed by atoms with Crippen molar-refractivity contribution in [2.45, 2.75) is 0 Å². The molecule has 0 unspecified atom stereocenters. The topological polar surface area (TPSA) is 75.3 Å². The SMILES string of the molecule is O=C(O)c1cccc(-c2ccn(-c3ccc(O)cc3)n2)c1. The second-order valence-electron chi connectivity index (χ2n) is 4.55. The fourth-order valence-electron chi connectivity index (χ4n) is 2.04. The Morgan fingerprint density at radius 1 is 1.05 bits per heavy atom. The van der Waals surface area contributed by atoms with Gasteiger partial charge in [0.1, 0.15) is 5.75 Å². The van der Waals surface area contributed by atoms with Crippen LogP contribution in [-0.2, 0) is 0 Å². The summed E-state index contributed by atoms with van der Waals surface area (Å²) in [7, 11) is 0. The van der Waals surface area contributed by atoms with E-state index in [1.165, 1.54) is 0 Å². The van der Waals surface area contributed by atoms with E-state index in [-0.39, 0.29) is 11.3 Å². The molecular weight excluding hydrogens is 268 g/mol. The summed E-state index contributed by atoms with van der Waals surface area (Å²) in [6.45, 7) is 0. The number of phenolic OH excluding ortho intramolecular Hbond substituents is 1. The quantitative estimate of drug-likeness (QED) is 0.773. The van der Waals surface area contributed by atoms with Gasteiger partial charge in [0.05, 0.1) is 16.9 Å². The molecule has 2 aromatic carbocycles. The van der Waals surface area contributed by atoms with Crippen LogP contribution in [0.15, 0.2) is 60.8 Å². The zero-order valence-electron chi connectivity index (χ0n) is 11.0. The molecule has 0 bridgehead atoms. The van der Waals surface area contributed by atoms with Crippen LogP contribution in [-0.4, -0.2) is 26.0 Å². The summed E-state index contributed by atoms with van der Waals surface area (Å²) in [6, 6.07) is 15.1. The number of aromatic hydroxyl groups is 1. The molecule has 0 radical (unpaired) electrons. The van der Waals surface area contributed by atoms with Gasteiger partial charge >= 0.3 is 5.97 Å². The van der Waals surface area contributed by atoms with Gasteiger partial charge in [-0.05, 0) is 42.5 Å². The molecule has 0 aliphatic carbocycles. The molecule has 0 amide bonds. The van der Waals surface area contributed by atoms with Gasteiger partial charge in [0.25, 0.3) is 0 Å². The smallest absolute Gasteiger partial charge is 0.335 e. The molecular formula is C16H12N2O3. The lowest BCUT2D eigenvalue weighted by Gasteiger charge is -2.02. The fraction of sp³-hybridized carbons (Fsp3) is 0. The molecule has 0 spiro atoms. The van der Waals surface area contributed by atoms with E-state index in [4.69, 9.17) is 5.11 Å². The highest BCUT2D eigenvalue weighted by atomic mass is 16.4. The van der Waals surface area contributed by atoms with Crippen LogP contribution in [0.4, 0.5) is 0 Å². The molecule has 1 aromatic heterocycles. The fourth-order valence-corrected chi connectivity index (χ4v) is 2.04. The summed E-state index contributed by atoms with van der Waals surface area (Å²) < 4.78 is 1.67. The second-order valence-corrected chi connectivity index (χ2v) is 4.55. The number of hydrogen-bond acceptors (Lipinski definition) is 3. The predicted molar refractivity (Wildman–Crippen MR) is 77.6 cm³/mol. The Hall–Kier alpha value is -3.08. The minimum absolute atomic E-state index is 0.195. The van der Waals surface area contributed by atoms with Crippen LogP contribution in [0.2, 0.25) is 0 Å². The summed E-state index contributed by atoms with van der Waals surface area (Å²) in [4.78, 5) is 11.0. The van der Waals surface area contributed by atoms with Crippen LogP contribution in [0.1, 0.15) is 10.4 Å². The van der Waals surface area contributed by atoms with Gasteiger partial charge in [-0.2, -0.15) is 5.10 Å². The van der Waals surface area contributed by atoms with E-state index in [2.05, 4.69) is 5.10 Å². The number of carboxylic acids is 1. The molecule has 0 aliphatic heterocycles. The number of nitrogens with zero attached hydrogens (tertiary/aromatic N) is 2. The summed E-state index contributed by atoms with van der Waals surface area (Å²) in [6.07, 6.45) is 1.79. The van der Waals surface area contributed by atoms with Crippen molar-refractivity contribution in [2.24, 2.45) is 0 Å². The number of carbonyl (C=O) groups is 1. The molecule has 1 heterocycles. The number of phenols is 1. The Bertz CT molecular complexity index is 791. The van der Waals surface area contributed by atoms with Gasteiger partial charge in [0, 0.05) is 11.8 Å². The van der Waals surface area contributed by atoms with E-state index >= 15 is 0 Å². The van der Waals surface area contributed by atoms with Gasteiger partial charge in [0.2, 0.25) is 0 Å². The van der Waals surface area contributed by atoms with Gasteiger partial charge in [-0.25, -0.2) is 9.48 Å². The summed E-state index contributed by atoms with van der Waals surface area (Å²) in [5.41, 5.74) is 2.47. The van der Waals surface area contributed by atoms with Crippen molar-refractivity contribution in [2.75, 3.05) is 0 Å². The molecule has 0 aliphatic rings. The van der Waals surface area contributed by atoms with Crippen molar-refractivity contribution in [1.82, 2.24) is 9.78 Å². The molecule has 5 nitrogen and oxygen atoms in total. The normalized spacial score (nSPS) is 10.5. The van der Waals surface area contributed by atoms with E-state index in [0.29, 0.717) is 5.69 Å². The highest BCUT2D eigenvalue weighted by molar-refractivity contribution is 5.89. The zero-order valence-corrected chi connectivity index (χ0v) is 11.0. The maximum Gasteiger partial charge on any atom is 0.335 e. The monoisotopic (exact) mass is 280 g/mol. The van der Waals surface area contributed by atoms with E-state index in [1.807, 2.05) is 12.1 Å².